The minimum atomic E-state index is -0.166. The van der Waals surface area contributed by atoms with E-state index in [-0.39, 0.29) is 22.9 Å². The fourth-order valence-corrected chi connectivity index (χ4v) is 5.42. The minimum absolute atomic E-state index is 0. The Kier molecular flexibility index (Phi) is 16.6. The molecule has 7 heteroatoms. The molecule has 0 saturated heterocycles. The lowest BCUT2D eigenvalue weighted by Gasteiger charge is -2.13. The highest BCUT2D eigenvalue weighted by Gasteiger charge is 2.16. The van der Waals surface area contributed by atoms with Gasteiger partial charge in [0.05, 0.1) is 24.8 Å². The third-order valence-corrected chi connectivity index (χ3v) is 8.00. The van der Waals surface area contributed by atoms with Crippen LogP contribution in [0.5, 0.6) is 11.5 Å². The number of benzene rings is 2. The van der Waals surface area contributed by atoms with Crippen molar-refractivity contribution in [3.05, 3.63) is 70.2 Å². The Balaban J connectivity index is 0.00000560. The zero-order valence-electron chi connectivity index (χ0n) is 24.6. The molecule has 0 atom stereocenters. The maximum atomic E-state index is 13.1. The highest BCUT2D eigenvalue weighted by Crippen LogP contribution is 2.29. The highest BCUT2D eigenvalue weighted by molar-refractivity contribution is 7.09. The summed E-state index contributed by atoms with van der Waals surface area (Å²) in [6, 6.07) is 13.3. The highest BCUT2D eigenvalue weighted by atomic mass is 79.9. The van der Waals surface area contributed by atoms with Gasteiger partial charge >= 0.3 is 0 Å². The van der Waals surface area contributed by atoms with Crippen LogP contribution >= 0.6 is 11.3 Å². The van der Waals surface area contributed by atoms with Crippen molar-refractivity contribution >= 4 is 22.9 Å². The van der Waals surface area contributed by atoms with Gasteiger partial charge in [-0.05, 0) is 30.7 Å². The molecule has 0 radical (unpaired) electrons. The lowest BCUT2D eigenvalue weighted by Crippen LogP contribution is -3.00. The fraction of sp³-hybridized carbons (Fsp3) is 0.515. The number of hydrogen-bond donors (Lipinski definition) is 1. The zero-order chi connectivity index (χ0) is 27.7. The number of aryl methyl sites for hydroxylation is 1. The first-order valence-electron chi connectivity index (χ1n) is 14.8. The van der Waals surface area contributed by atoms with Gasteiger partial charge in [-0.2, -0.15) is 4.57 Å². The third kappa shape index (κ3) is 11.6. The summed E-state index contributed by atoms with van der Waals surface area (Å²) in [7, 11) is 1.61. The number of hydrogen-bond acceptors (Lipinski definition) is 4. The number of thiazole rings is 1. The van der Waals surface area contributed by atoms with Crippen LogP contribution < -0.4 is 36.3 Å². The number of methoxy groups -OCH3 is 1. The first-order chi connectivity index (χ1) is 19.1. The molecule has 0 aliphatic heterocycles. The van der Waals surface area contributed by atoms with Gasteiger partial charge in [0.2, 0.25) is 5.01 Å². The van der Waals surface area contributed by atoms with Crippen molar-refractivity contribution in [1.82, 2.24) is 0 Å². The second kappa shape index (κ2) is 19.7. The van der Waals surface area contributed by atoms with Crippen molar-refractivity contribution in [2.75, 3.05) is 19.0 Å². The molecule has 1 heterocycles. The van der Waals surface area contributed by atoms with Gasteiger partial charge in [-0.3, -0.25) is 4.79 Å². The summed E-state index contributed by atoms with van der Waals surface area (Å²) >= 11 is 1.71. The van der Waals surface area contributed by atoms with E-state index >= 15 is 0 Å². The predicted octanol–water partition coefficient (Wildman–Crippen LogP) is 5.74. The van der Waals surface area contributed by atoms with Crippen molar-refractivity contribution in [1.29, 1.82) is 0 Å². The Morgan fingerprint density at radius 3 is 2.15 bits per heavy atom. The number of carbonyl (C=O) groups is 1. The van der Waals surface area contributed by atoms with E-state index in [1.807, 2.05) is 30.3 Å². The van der Waals surface area contributed by atoms with Crippen LogP contribution in [0.3, 0.4) is 0 Å². The van der Waals surface area contributed by atoms with Crippen LogP contribution in [0.15, 0.2) is 54.0 Å². The van der Waals surface area contributed by atoms with E-state index in [0.29, 0.717) is 30.2 Å². The molecule has 2 aromatic carbocycles. The normalized spacial score (nSPS) is 10.7. The Hall–Kier alpha value is -2.38. The lowest BCUT2D eigenvalue weighted by molar-refractivity contribution is -0.689. The van der Waals surface area contributed by atoms with Crippen LogP contribution in [0.25, 0.3) is 0 Å². The zero-order valence-corrected chi connectivity index (χ0v) is 27.0. The summed E-state index contributed by atoms with van der Waals surface area (Å²) in [5.41, 5.74) is 2.41. The molecule has 0 unspecified atom stereocenters. The fourth-order valence-electron chi connectivity index (χ4n) is 4.75. The number of nitrogens with zero attached hydrogens (tertiary/aromatic N) is 1. The van der Waals surface area contributed by atoms with E-state index in [0.717, 1.165) is 17.7 Å². The van der Waals surface area contributed by atoms with E-state index < -0.39 is 0 Å². The summed E-state index contributed by atoms with van der Waals surface area (Å²) in [5.74, 6) is 1.10. The van der Waals surface area contributed by atoms with Crippen molar-refractivity contribution in [2.24, 2.45) is 0 Å². The first kappa shape index (κ1) is 33.8. The Morgan fingerprint density at radius 1 is 0.875 bits per heavy atom. The summed E-state index contributed by atoms with van der Waals surface area (Å²) < 4.78 is 13.7. The molecule has 0 spiro atoms. The van der Waals surface area contributed by atoms with E-state index in [1.165, 1.54) is 75.6 Å². The number of anilines is 1. The number of aromatic nitrogens is 1. The van der Waals surface area contributed by atoms with Crippen molar-refractivity contribution in [3.8, 4) is 11.5 Å². The minimum Gasteiger partial charge on any atom is -1.00 e. The average molecular weight is 632 g/mol. The van der Waals surface area contributed by atoms with Gasteiger partial charge in [0.15, 0.2) is 24.2 Å². The van der Waals surface area contributed by atoms with Crippen molar-refractivity contribution in [3.63, 3.8) is 0 Å². The molecule has 0 bridgehead atoms. The number of ether oxygens (including phenoxy) is 2. The lowest BCUT2D eigenvalue weighted by atomic mass is 10.1. The van der Waals surface area contributed by atoms with Crippen LogP contribution in [-0.4, -0.2) is 19.6 Å². The van der Waals surface area contributed by atoms with Crippen molar-refractivity contribution in [2.45, 2.75) is 97.4 Å². The molecular weight excluding hydrogens is 584 g/mol. The number of unbranched alkanes of at least 4 members (excludes halogenated alkanes) is 11. The van der Waals surface area contributed by atoms with Crippen molar-refractivity contribution < 1.29 is 35.8 Å². The van der Waals surface area contributed by atoms with E-state index in [9.17, 15) is 4.79 Å². The van der Waals surface area contributed by atoms with Gasteiger partial charge in [-0.25, -0.2) is 0 Å². The quantitative estimate of drug-likeness (QED) is 0.136. The van der Waals surface area contributed by atoms with Crippen LogP contribution in [-0.2, 0) is 6.54 Å². The molecule has 220 valence electrons. The van der Waals surface area contributed by atoms with Gasteiger partial charge in [0.1, 0.15) is 0 Å². The van der Waals surface area contributed by atoms with Gasteiger partial charge in [0, 0.05) is 18.1 Å². The molecule has 0 saturated carbocycles. The smallest absolute Gasteiger partial charge is 0.255 e. The van der Waals surface area contributed by atoms with Crippen LogP contribution in [0, 0.1) is 6.92 Å². The Bertz CT molecular complexity index is 1130. The molecule has 3 aromatic rings. The Morgan fingerprint density at radius 2 is 1.52 bits per heavy atom. The molecular formula is C33H47BrN2O3S. The molecule has 1 aromatic heterocycles. The van der Waals surface area contributed by atoms with Gasteiger partial charge < -0.3 is 31.8 Å². The number of halogens is 1. The molecule has 0 fully saturated rings. The average Bonchev–Trinajstić information content (AvgIpc) is 3.36. The van der Waals surface area contributed by atoms with Crippen LogP contribution in [0.2, 0.25) is 0 Å². The third-order valence-electron chi connectivity index (χ3n) is 7.17. The number of rotatable bonds is 19. The summed E-state index contributed by atoms with van der Waals surface area (Å²) in [5, 5.41) is 6.38. The number of carbonyl (C=O) groups excluding carboxylic acids is 1. The second-order valence-corrected chi connectivity index (χ2v) is 11.4. The number of nitrogens with one attached hydrogen (secondary N) is 1. The topological polar surface area (TPSA) is 51.4 Å². The summed E-state index contributed by atoms with van der Waals surface area (Å²) in [6.07, 6.45) is 17.9. The maximum absolute atomic E-state index is 13.1. The van der Waals surface area contributed by atoms with Crippen LogP contribution in [0.1, 0.15) is 105 Å². The van der Waals surface area contributed by atoms with Gasteiger partial charge in [0.25, 0.3) is 5.91 Å². The maximum Gasteiger partial charge on any atom is 0.255 e. The van der Waals surface area contributed by atoms with E-state index in [2.05, 4.69) is 35.3 Å². The molecule has 3 rings (SSSR count). The Labute approximate surface area is 256 Å². The molecule has 0 aliphatic rings. The molecule has 1 N–H and O–H groups in total. The summed E-state index contributed by atoms with van der Waals surface area (Å²) in [4.78, 5) is 13.1. The molecule has 1 amide bonds. The first-order valence-corrected chi connectivity index (χ1v) is 15.6. The molecule has 5 nitrogen and oxygen atoms in total. The number of amides is 1. The SMILES string of the molecule is CCCCCCCCCCCCCCOc1ccc(C(=O)Nc2ccccc2C[n+]2ccsc2C)cc1OC.[Br-]. The second-order valence-electron chi connectivity index (χ2n) is 10.3. The van der Waals surface area contributed by atoms with E-state index in [1.54, 1.807) is 30.6 Å². The predicted molar refractivity (Wildman–Crippen MR) is 162 cm³/mol. The monoisotopic (exact) mass is 630 g/mol. The van der Waals surface area contributed by atoms with Gasteiger partial charge in [-0.15, -0.1) is 0 Å². The summed E-state index contributed by atoms with van der Waals surface area (Å²) in [6.45, 7) is 5.74. The van der Waals surface area contributed by atoms with Gasteiger partial charge in [-0.1, -0.05) is 107 Å². The largest absolute Gasteiger partial charge is 1.00 e. The number of para-hydroxylation sites is 1. The molecule has 40 heavy (non-hydrogen) atoms. The molecule has 0 aliphatic carbocycles. The van der Waals surface area contributed by atoms with Crippen LogP contribution in [0.4, 0.5) is 5.69 Å². The standard InChI is InChI=1S/C33H46N2O3S.BrH/c1-4-5-6-7-8-9-10-11-12-13-14-17-23-38-31-21-20-28(25-32(31)37-3)33(36)34-30-19-16-15-18-29(30)26-35-22-24-39-27(35)2;/h15-16,18-22,24-25H,4-14,17,23,26H2,1-3H3;1H. The van der Waals surface area contributed by atoms with E-state index in [4.69, 9.17) is 9.47 Å².